The van der Waals surface area contributed by atoms with Crippen molar-refractivity contribution >= 4 is 23.0 Å². The lowest BCUT2D eigenvalue weighted by Gasteiger charge is -2.11. The maximum atomic E-state index is 12.8. The normalized spacial score (nSPS) is 11.1. The van der Waals surface area contributed by atoms with Crippen molar-refractivity contribution in [1.29, 1.82) is 0 Å². The van der Waals surface area contributed by atoms with Gasteiger partial charge in [0.1, 0.15) is 16.7 Å². The van der Waals surface area contributed by atoms with Crippen molar-refractivity contribution in [1.82, 2.24) is 0 Å². The summed E-state index contributed by atoms with van der Waals surface area (Å²) < 4.78 is 15.7. The van der Waals surface area contributed by atoms with Gasteiger partial charge in [-0.3, -0.25) is 4.79 Å². The Labute approximate surface area is 196 Å². The number of hydrogen-bond acceptors (Lipinski definition) is 10. The van der Waals surface area contributed by atoms with Gasteiger partial charge in [0.25, 0.3) is 0 Å². The number of methoxy groups -OCH3 is 1. The van der Waals surface area contributed by atoms with E-state index in [9.17, 15) is 35.1 Å². The number of phenolic OH excluding ortho intramolecular Hbond substituents is 4. The maximum Gasteiger partial charge on any atom is 0.336 e. The summed E-state index contributed by atoms with van der Waals surface area (Å²) in [4.78, 5) is 25.1. The first-order valence-electron chi connectivity index (χ1n) is 10.0. The molecule has 0 saturated carbocycles. The van der Waals surface area contributed by atoms with Crippen LogP contribution in [-0.2, 0) is 4.79 Å². The minimum Gasteiger partial charge on any atom is -0.504 e. The molecule has 10 nitrogen and oxygen atoms in total. The number of benzene rings is 3. The summed E-state index contributed by atoms with van der Waals surface area (Å²) in [6.07, 6.45) is 2.18. The van der Waals surface area contributed by atoms with Crippen molar-refractivity contribution in [2.75, 3.05) is 7.11 Å². The molecule has 3 aromatic carbocycles. The molecule has 0 bridgehead atoms. The summed E-state index contributed by atoms with van der Waals surface area (Å²) in [6.45, 7) is 0. The van der Waals surface area contributed by atoms with Gasteiger partial charge in [-0.15, -0.1) is 0 Å². The van der Waals surface area contributed by atoms with Crippen LogP contribution in [0.5, 0.6) is 40.2 Å². The fourth-order valence-corrected chi connectivity index (χ4v) is 3.30. The summed E-state index contributed by atoms with van der Waals surface area (Å²) in [5.41, 5.74) is -0.634. The molecule has 10 heteroatoms. The van der Waals surface area contributed by atoms with Crippen LogP contribution in [0.3, 0.4) is 0 Å². The number of carbonyl (C=O) groups excluding carboxylic acids is 1. The number of rotatable bonds is 5. The number of esters is 1. The SMILES string of the molecule is COc1cccc(-c2oc3cc(O)c(OC(=O)/C=C/c4ccc(O)c(O)c4)c(O)c3c(=O)c2O)c1. The molecule has 4 rings (SSSR count). The lowest BCUT2D eigenvalue weighted by Crippen LogP contribution is -2.07. The Bertz CT molecular complexity index is 1550. The predicted molar refractivity (Wildman–Crippen MR) is 124 cm³/mol. The first-order valence-corrected chi connectivity index (χ1v) is 10.0. The number of fused-ring (bicyclic) bond motifs is 1. The molecule has 1 heterocycles. The smallest absolute Gasteiger partial charge is 0.336 e. The molecular formula is C25H18O10. The molecule has 0 atom stereocenters. The molecule has 5 N–H and O–H groups in total. The standard InChI is InChI=1S/C25H18O10/c1-33-14-4-2-3-13(10-14)24-23(32)21(30)20-18(34-24)11-17(28)25(22(20)31)35-19(29)8-6-12-5-7-15(26)16(27)9-12/h2-11,26-28,31-32H,1H3/b8-6+. The van der Waals surface area contributed by atoms with Crippen LogP contribution in [0.1, 0.15) is 5.56 Å². The Hall–Kier alpha value is -5.12. The predicted octanol–water partition coefficient (Wildman–Crippen LogP) is 3.62. The van der Waals surface area contributed by atoms with Gasteiger partial charge in [0, 0.05) is 17.7 Å². The molecule has 0 radical (unpaired) electrons. The second kappa shape index (κ2) is 9.02. The Morgan fingerprint density at radius 3 is 2.40 bits per heavy atom. The average molecular weight is 478 g/mol. The number of ether oxygens (including phenoxy) is 2. The van der Waals surface area contributed by atoms with Crippen molar-refractivity contribution in [3.8, 4) is 51.6 Å². The lowest BCUT2D eigenvalue weighted by atomic mass is 10.1. The Morgan fingerprint density at radius 1 is 0.914 bits per heavy atom. The van der Waals surface area contributed by atoms with Crippen LogP contribution in [0, 0.1) is 0 Å². The van der Waals surface area contributed by atoms with E-state index in [0.29, 0.717) is 16.9 Å². The van der Waals surface area contributed by atoms with Gasteiger partial charge in [0.2, 0.25) is 16.9 Å². The van der Waals surface area contributed by atoms with Crippen LogP contribution in [0.15, 0.2) is 63.8 Å². The molecule has 0 unspecified atom stereocenters. The number of phenols is 4. The largest absolute Gasteiger partial charge is 0.504 e. The fraction of sp³-hybridized carbons (Fsp3) is 0.0400. The molecule has 35 heavy (non-hydrogen) atoms. The van der Waals surface area contributed by atoms with Crippen molar-refractivity contribution in [3.05, 3.63) is 70.4 Å². The third-order valence-corrected chi connectivity index (χ3v) is 5.01. The molecule has 4 aromatic rings. The topological polar surface area (TPSA) is 167 Å². The third-order valence-electron chi connectivity index (χ3n) is 5.01. The van der Waals surface area contributed by atoms with Gasteiger partial charge in [-0.1, -0.05) is 18.2 Å². The zero-order valence-electron chi connectivity index (χ0n) is 18.1. The van der Waals surface area contributed by atoms with Crippen molar-refractivity contribution in [2.45, 2.75) is 0 Å². The fourth-order valence-electron chi connectivity index (χ4n) is 3.30. The van der Waals surface area contributed by atoms with Gasteiger partial charge < -0.3 is 39.4 Å². The lowest BCUT2D eigenvalue weighted by molar-refractivity contribution is -0.129. The molecule has 178 valence electrons. The highest BCUT2D eigenvalue weighted by atomic mass is 16.5. The minimum absolute atomic E-state index is 0.218. The Morgan fingerprint density at radius 2 is 1.69 bits per heavy atom. The molecule has 0 fully saturated rings. The van der Waals surface area contributed by atoms with E-state index in [1.807, 2.05) is 0 Å². The van der Waals surface area contributed by atoms with E-state index in [0.717, 1.165) is 12.1 Å². The third kappa shape index (κ3) is 4.40. The second-order valence-electron chi connectivity index (χ2n) is 7.29. The average Bonchev–Trinajstić information content (AvgIpc) is 2.84. The van der Waals surface area contributed by atoms with Crippen LogP contribution in [0.25, 0.3) is 28.4 Å². The second-order valence-corrected chi connectivity index (χ2v) is 7.29. The molecule has 0 amide bonds. The highest BCUT2D eigenvalue weighted by Gasteiger charge is 2.24. The van der Waals surface area contributed by atoms with Gasteiger partial charge in [-0.05, 0) is 35.9 Å². The van der Waals surface area contributed by atoms with Crippen molar-refractivity contribution in [2.24, 2.45) is 0 Å². The van der Waals surface area contributed by atoms with E-state index in [1.165, 1.54) is 37.5 Å². The van der Waals surface area contributed by atoms with E-state index in [4.69, 9.17) is 13.9 Å². The molecular weight excluding hydrogens is 460 g/mol. The number of carbonyl (C=O) groups is 1. The number of aromatic hydroxyl groups is 5. The van der Waals surface area contributed by atoms with E-state index in [2.05, 4.69) is 0 Å². The summed E-state index contributed by atoms with van der Waals surface area (Å²) in [7, 11) is 1.44. The van der Waals surface area contributed by atoms with Crippen LogP contribution in [0.2, 0.25) is 0 Å². The van der Waals surface area contributed by atoms with Crippen molar-refractivity contribution < 1.29 is 44.2 Å². The van der Waals surface area contributed by atoms with Gasteiger partial charge in [-0.25, -0.2) is 4.79 Å². The van der Waals surface area contributed by atoms with Crippen LogP contribution in [-0.4, -0.2) is 38.6 Å². The Kier molecular flexibility index (Phi) is 5.94. The zero-order chi connectivity index (χ0) is 25.3. The van der Waals surface area contributed by atoms with E-state index in [-0.39, 0.29) is 17.1 Å². The minimum atomic E-state index is -1.04. The van der Waals surface area contributed by atoms with Crippen molar-refractivity contribution in [3.63, 3.8) is 0 Å². The number of hydrogen-bond donors (Lipinski definition) is 5. The summed E-state index contributed by atoms with van der Waals surface area (Å²) in [5.74, 6) is -4.70. The molecule has 0 saturated heterocycles. The molecule has 0 aliphatic rings. The highest BCUT2D eigenvalue weighted by Crippen LogP contribution is 2.43. The quantitative estimate of drug-likeness (QED) is 0.124. The van der Waals surface area contributed by atoms with E-state index >= 15 is 0 Å². The zero-order valence-corrected chi connectivity index (χ0v) is 18.1. The van der Waals surface area contributed by atoms with E-state index < -0.39 is 45.5 Å². The first-order chi connectivity index (χ1) is 16.7. The molecule has 0 spiro atoms. The summed E-state index contributed by atoms with van der Waals surface area (Å²) in [5, 5.41) is 49.7. The van der Waals surface area contributed by atoms with Gasteiger partial charge in [-0.2, -0.15) is 0 Å². The molecule has 0 aliphatic carbocycles. The van der Waals surface area contributed by atoms with Gasteiger partial charge >= 0.3 is 5.97 Å². The van der Waals surface area contributed by atoms with Crippen LogP contribution < -0.4 is 14.9 Å². The maximum absolute atomic E-state index is 12.8. The van der Waals surface area contributed by atoms with Crippen LogP contribution in [0.4, 0.5) is 0 Å². The summed E-state index contributed by atoms with van der Waals surface area (Å²) >= 11 is 0. The monoisotopic (exact) mass is 478 g/mol. The van der Waals surface area contributed by atoms with Crippen LogP contribution >= 0.6 is 0 Å². The summed E-state index contributed by atoms with van der Waals surface area (Å²) in [6, 6.07) is 11.1. The van der Waals surface area contributed by atoms with E-state index in [1.54, 1.807) is 18.2 Å². The van der Waals surface area contributed by atoms with Gasteiger partial charge in [0.05, 0.1) is 7.11 Å². The highest BCUT2D eigenvalue weighted by molar-refractivity contribution is 5.94. The van der Waals surface area contributed by atoms with Gasteiger partial charge in [0.15, 0.2) is 28.8 Å². The first kappa shape index (κ1) is 23.1. The molecule has 0 aliphatic heterocycles. The molecule has 1 aromatic heterocycles. The Balaban J connectivity index is 1.71.